The van der Waals surface area contributed by atoms with Gasteiger partial charge in [0.2, 0.25) is 0 Å². The Hall–Kier alpha value is -2.17. The van der Waals surface area contributed by atoms with Crippen molar-refractivity contribution in [2.45, 2.75) is 13.0 Å². The predicted octanol–water partition coefficient (Wildman–Crippen LogP) is 1.73. The van der Waals surface area contributed by atoms with Crippen molar-refractivity contribution >= 4 is 17.5 Å². The Balaban J connectivity index is 2.79. The summed E-state index contributed by atoms with van der Waals surface area (Å²) in [5.74, 6) is 2.21. The van der Waals surface area contributed by atoms with Crippen molar-refractivity contribution in [3.05, 3.63) is 28.8 Å². The second-order valence-electron chi connectivity index (χ2n) is 3.43. The Morgan fingerprint density at radius 3 is 3.00 bits per heavy atom. The van der Waals surface area contributed by atoms with Gasteiger partial charge in [0, 0.05) is 11.1 Å². The molecule has 5 heteroatoms. The number of nitrogens with one attached hydrogen (secondary N) is 1. The molecule has 1 atom stereocenters. The number of benzene rings is 1. The monoisotopic (exact) mass is 262 g/mol. The Morgan fingerprint density at radius 1 is 1.67 bits per heavy atom. The van der Waals surface area contributed by atoms with Crippen molar-refractivity contribution in [2.75, 3.05) is 6.54 Å². The van der Waals surface area contributed by atoms with E-state index in [-0.39, 0.29) is 18.2 Å². The molecule has 1 amide bonds. The van der Waals surface area contributed by atoms with Crippen LogP contribution >= 0.6 is 11.6 Å². The van der Waals surface area contributed by atoms with Gasteiger partial charge in [0.25, 0.3) is 5.91 Å². The number of ether oxygens (including phenoxy) is 1. The predicted molar refractivity (Wildman–Crippen MR) is 68.1 cm³/mol. The van der Waals surface area contributed by atoms with E-state index in [4.69, 9.17) is 28.0 Å². The SMILES string of the molecule is C#CCNC(=O)C(C)Oc1cc(Cl)ccc1C#N. The second-order valence-corrected chi connectivity index (χ2v) is 3.87. The van der Waals surface area contributed by atoms with Gasteiger partial charge in [0.15, 0.2) is 6.10 Å². The number of amides is 1. The van der Waals surface area contributed by atoms with Crippen molar-refractivity contribution in [3.8, 4) is 24.2 Å². The van der Waals surface area contributed by atoms with Crippen molar-refractivity contribution in [2.24, 2.45) is 0 Å². The number of nitriles is 1. The van der Waals surface area contributed by atoms with Crippen molar-refractivity contribution in [1.82, 2.24) is 5.32 Å². The zero-order valence-electron chi connectivity index (χ0n) is 9.74. The van der Waals surface area contributed by atoms with Gasteiger partial charge in [-0.05, 0) is 19.1 Å². The highest BCUT2D eigenvalue weighted by Gasteiger charge is 2.15. The maximum Gasteiger partial charge on any atom is 0.261 e. The number of nitrogens with zero attached hydrogens (tertiary/aromatic N) is 1. The Labute approximate surface area is 111 Å². The van der Waals surface area contributed by atoms with E-state index in [2.05, 4.69) is 11.2 Å². The molecule has 18 heavy (non-hydrogen) atoms. The first-order valence-corrected chi connectivity index (χ1v) is 5.53. The summed E-state index contributed by atoms with van der Waals surface area (Å²) in [5.41, 5.74) is 0.316. The number of terminal acetylenes is 1. The Morgan fingerprint density at radius 2 is 2.39 bits per heavy atom. The first-order chi connectivity index (χ1) is 8.58. The van der Waals surface area contributed by atoms with Crippen LogP contribution in [0.2, 0.25) is 5.02 Å². The van der Waals surface area contributed by atoms with Crippen LogP contribution in [-0.2, 0) is 4.79 Å². The summed E-state index contributed by atoms with van der Waals surface area (Å²) in [5, 5.41) is 11.8. The van der Waals surface area contributed by atoms with Crippen LogP contribution in [0, 0.1) is 23.7 Å². The smallest absolute Gasteiger partial charge is 0.261 e. The molecule has 0 saturated carbocycles. The highest BCUT2D eigenvalue weighted by atomic mass is 35.5. The third-order valence-electron chi connectivity index (χ3n) is 2.10. The first kappa shape index (κ1) is 13.9. The number of halogens is 1. The third-order valence-corrected chi connectivity index (χ3v) is 2.34. The van der Waals surface area contributed by atoms with E-state index >= 15 is 0 Å². The van der Waals surface area contributed by atoms with Gasteiger partial charge in [-0.25, -0.2) is 0 Å². The standard InChI is InChI=1S/C13H11ClN2O2/c1-3-6-16-13(17)9(2)18-12-7-11(14)5-4-10(12)8-15/h1,4-5,7,9H,6H2,2H3,(H,16,17). The zero-order chi connectivity index (χ0) is 13.5. The normalized spacial score (nSPS) is 10.9. The molecule has 1 unspecified atom stereocenters. The highest BCUT2D eigenvalue weighted by Crippen LogP contribution is 2.23. The van der Waals surface area contributed by atoms with Gasteiger partial charge < -0.3 is 10.1 Å². The summed E-state index contributed by atoms with van der Waals surface area (Å²) in [6, 6.07) is 6.56. The molecule has 1 N–H and O–H groups in total. The molecule has 0 aromatic heterocycles. The minimum Gasteiger partial charge on any atom is -0.479 e. The van der Waals surface area contributed by atoms with Crippen LogP contribution in [0.4, 0.5) is 0 Å². The molecule has 0 aliphatic rings. The molecule has 0 fully saturated rings. The second kappa shape index (κ2) is 6.54. The number of hydrogen-bond donors (Lipinski definition) is 1. The third kappa shape index (κ3) is 3.69. The first-order valence-electron chi connectivity index (χ1n) is 5.16. The fourth-order valence-electron chi connectivity index (χ4n) is 1.21. The molecule has 92 valence electrons. The van der Waals surface area contributed by atoms with Gasteiger partial charge in [0.05, 0.1) is 12.1 Å². The maximum atomic E-state index is 11.5. The average Bonchev–Trinajstić information content (AvgIpc) is 2.36. The summed E-state index contributed by atoms with van der Waals surface area (Å²) < 4.78 is 5.39. The van der Waals surface area contributed by atoms with Gasteiger partial charge in [-0.15, -0.1) is 6.42 Å². The van der Waals surface area contributed by atoms with Crippen LogP contribution in [0.1, 0.15) is 12.5 Å². The van der Waals surface area contributed by atoms with E-state index in [1.807, 2.05) is 6.07 Å². The van der Waals surface area contributed by atoms with Gasteiger partial charge in [-0.2, -0.15) is 5.26 Å². The van der Waals surface area contributed by atoms with E-state index in [1.54, 1.807) is 13.0 Å². The fraction of sp³-hybridized carbons (Fsp3) is 0.231. The number of carbonyl (C=O) groups is 1. The van der Waals surface area contributed by atoms with Crippen LogP contribution in [0.25, 0.3) is 0 Å². The quantitative estimate of drug-likeness (QED) is 0.841. The van der Waals surface area contributed by atoms with Crippen molar-refractivity contribution in [3.63, 3.8) is 0 Å². The van der Waals surface area contributed by atoms with E-state index in [1.165, 1.54) is 12.1 Å². The summed E-state index contributed by atoms with van der Waals surface area (Å²) in [6.07, 6.45) is 4.27. The lowest BCUT2D eigenvalue weighted by Gasteiger charge is -2.14. The molecule has 1 aromatic rings. The molecular weight excluding hydrogens is 252 g/mol. The summed E-state index contributed by atoms with van der Waals surface area (Å²) in [6.45, 7) is 1.70. The fourth-order valence-corrected chi connectivity index (χ4v) is 1.37. The van der Waals surface area contributed by atoms with Crippen LogP contribution in [0.5, 0.6) is 5.75 Å². The minimum absolute atomic E-state index is 0.132. The summed E-state index contributed by atoms with van der Waals surface area (Å²) in [7, 11) is 0. The molecule has 1 aromatic carbocycles. The molecule has 4 nitrogen and oxygen atoms in total. The number of hydrogen-bond acceptors (Lipinski definition) is 3. The lowest BCUT2D eigenvalue weighted by Crippen LogP contribution is -2.36. The molecule has 0 bridgehead atoms. The highest BCUT2D eigenvalue weighted by molar-refractivity contribution is 6.30. The van der Waals surface area contributed by atoms with E-state index in [0.29, 0.717) is 10.6 Å². The van der Waals surface area contributed by atoms with Crippen LogP contribution in [0.3, 0.4) is 0 Å². The van der Waals surface area contributed by atoms with Crippen LogP contribution < -0.4 is 10.1 Å². The van der Waals surface area contributed by atoms with Gasteiger partial charge >= 0.3 is 0 Å². The van der Waals surface area contributed by atoms with Gasteiger partial charge in [-0.1, -0.05) is 17.5 Å². The Kier molecular flexibility index (Phi) is 5.05. The lowest BCUT2D eigenvalue weighted by molar-refractivity contribution is -0.127. The molecule has 0 heterocycles. The summed E-state index contributed by atoms with van der Waals surface area (Å²) in [4.78, 5) is 11.5. The number of rotatable bonds is 4. The van der Waals surface area contributed by atoms with Crippen LogP contribution in [-0.4, -0.2) is 18.6 Å². The number of carbonyl (C=O) groups excluding carboxylic acids is 1. The van der Waals surface area contributed by atoms with E-state index < -0.39 is 6.10 Å². The largest absolute Gasteiger partial charge is 0.479 e. The molecule has 0 aliphatic carbocycles. The molecule has 0 radical (unpaired) electrons. The topological polar surface area (TPSA) is 62.1 Å². The summed E-state index contributed by atoms with van der Waals surface area (Å²) >= 11 is 5.80. The molecule has 1 rings (SSSR count). The van der Waals surface area contributed by atoms with E-state index in [0.717, 1.165) is 0 Å². The molecule has 0 aliphatic heterocycles. The lowest BCUT2D eigenvalue weighted by atomic mass is 10.2. The molecule has 0 spiro atoms. The average molecular weight is 263 g/mol. The van der Waals surface area contributed by atoms with Crippen molar-refractivity contribution in [1.29, 1.82) is 5.26 Å². The zero-order valence-corrected chi connectivity index (χ0v) is 10.5. The van der Waals surface area contributed by atoms with Gasteiger partial charge in [-0.3, -0.25) is 4.79 Å². The van der Waals surface area contributed by atoms with E-state index in [9.17, 15) is 4.79 Å². The van der Waals surface area contributed by atoms with Gasteiger partial charge in [0.1, 0.15) is 11.8 Å². The molecule has 0 saturated heterocycles. The Bertz CT molecular complexity index is 529. The molecular formula is C13H11ClN2O2. The maximum absolute atomic E-state index is 11.5. The van der Waals surface area contributed by atoms with Crippen LogP contribution in [0.15, 0.2) is 18.2 Å². The van der Waals surface area contributed by atoms with Crippen molar-refractivity contribution < 1.29 is 9.53 Å². The minimum atomic E-state index is -0.760.